The number of benzene rings is 1. The minimum Gasteiger partial charge on any atom is -0.330 e. The molecule has 1 aliphatic rings. The maximum absolute atomic E-state index is 13.4. The summed E-state index contributed by atoms with van der Waals surface area (Å²) >= 11 is 5.69. The van der Waals surface area contributed by atoms with Gasteiger partial charge in [0.1, 0.15) is 5.82 Å². The Balaban J connectivity index is 2.16. The maximum Gasteiger partial charge on any atom is 0.142 e. The van der Waals surface area contributed by atoms with Crippen LogP contribution in [0.4, 0.5) is 4.39 Å². The molecule has 1 nitrogen and oxygen atoms in total. The molecule has 2 unspecified atom stereocenters. The van der Waals surface area contributed by atoms with E-state index >= 15 is 0 Å². The van der Waals surface area contributed by atoms with Gasteiger partial charge in [-0.2, -0.15) is 0 Å². The second kappa shape index (κ2) is 4.95. The van der Waals surface area contributed by atoms with Crippen molar-refractivity contribution in [1.29, 1.82) is 0 Å². The van der Waals surface area contributed by atoms with Gasteiger partial charge in [0, 0.05) is 0 Å². The van der Waals surface area contributed by atoms with Crippen LogP contribution >= 0.6 is 11.6 Å². The van der Waals surface area contributed by atoms with Gasteiger partial charge in [-0.25, -0.2) is 4.39 Å². The van der Waals surface area contributed by atoms with Gasteiger partial charge >= 0.3 is 0 Å². The number of rotatable bonds is 3. The molecule has 0 aliphatic heterocycles. The molecule has 94 valence electrons. The minimum atomic E-state index is -0.331. The Morgan fingerprint density at radius 2 is 2.29 bits per heavy atom. The first-order valence-electron chi connectivity index (χ1n) is 6.19. The van der Waals surface area contributed by atoms with Gasteiger partial charge < -0.3 is 5.73 Å². The first-order valence-corrected chi connectivity index (χ1v) is 6.56. The van der Waals surface area contributed by atoms with Crippen LogP contribution in [-0.2, 0) is 6.42 Å². The summed E-state index contributed by atoms with van der Waals surface area (Å²) in [6, 6.07) is 5.09. The average molecular weight is 256 g/mol. The summed E-state index contributed by atoms with van der Waals surface area (Å²) in [6.07, 6.45) is 4.39. The Hall–Kier alpha value is -0.600. The van der Waals surface area contributed by atoms with Crippen LogP contribution in [0.2, 0.25) is 5.02 Å². The van der Waals surface area contributed by atoms with Crippen molar-refractivity contribution in [2.45, 2.75) is 32.6 Å². The molecule has 17 heavy (non-hydrogen) atoms. The predicted molar refractivity (Wildman–Crippen MR) is 69.6 cm³/mol. The molecule has 1 aromatic rings. The summed E-state index contributed by atoms with van der Waals surface area (Å²) in [5.74, 6) is 0.401. The van der Waals surface area contributed by atoms with Crippen molar-refractivity contribution < 1.29 is 4.39 Å². The highest BCUT2D eigenvalue weighted by molar-refractivity contribution is 6.30. The zero-order chi connectivity index (χ0) is 12.5. The van der Waals surface area contributed by atoms with Crippen LogP contribution in [0.15, 0.2) is 18.2 Å². The molecular formula is C14H19ClFN. The molecule has 2 atom stereocenters. The quantitative estimate of drug-likeness (QED) is 0.874. The largest absolute Gasteiger partial charge is 0.330 e. The molecule has 0 radical (unpaired) electrons. The second-order valence-electron chi connectivity index (χ2n) is 5.48. The lowest BCUT2D eigenvalue weighted by molar-refractivity contribution is 0.295. The molecule has 0 spiro atoms. The van der Waals surface area contributed by atoms with Crippen molar-refractivity contribution in [3.63, 3.8) is 0 Å². The van der Waals surface area contributed by atoms with Crippen LogP contribution in [0.1, 0.15) is 31.7 Å². The molecule has 0 heterocycles. The van der Waals surface area contributed by atoms with Crippen LogP contribution in [0.3, 0.4) is 0 Å². The van der Waals surface area contributed by atoms with E-state index in [1.807, 2.05) is 6.07 Å². The van der Waals surface area contributed by atoms with Crippen LogP contribution in [0.5, 0.6) is 0 Å². The Morgan fingerprint density at radius 1 is 1.53 bits per heavy atom. The fourth-order valence-corrected chi connectivity index (χ4v) is 3.11. The smallest absolute Gasteiger partial charge is 0.142 e. The zero-order valence-electron chi connectivity index (χ0n) is 10.2. The Morgan fingerprint density at radius 3 is 2.82 bits per heavy atom. The monoisotopic (exact) mass is 255 g/mol. The lowest BCUT2D eigenvalue weighted by Crippen LogP contribution is -2.30. The third-order valence-electron chi connectivity index (χ3n) is 3.95. The zero-order valence-corrected chi connectivity index (χ0v) is 10.9. The van der Waals surface area contributed by atoms with Crippen LogP contribution in [0.25, 0.3) is 0 Å². The first-order chi connectivity index (χ1) is 8.04. The Bertz CT molecular complexity index is 407. The summed E-state index contributed by atoms with van der Waals surface area (Å²) in [4.78, 5) is 0. The van der Waals surface area contributed by atoms with Gasteiger partial charge in [-0.15, -0.1) is 0 Å². The highest BCUT2D eigenvalue weighted by atomic mass is 35.5. The summed E-state index contributed by atoms with van der Waals surface area (Å²) in [5.41, 5.74) is 7.10. The molecule has 1 saturated carbocycles. The highest BCUT2D eigenvalue weighted by Gasteiger charge is 2.36. The molecular weight excluding hydrogens is 237 g/mol. The molecule has 1 aromatic carbocycles. The summed E-state index contributed by atoms with van der Waals surface area (Å²) in [7, 11) is 0. The van der Waals surface area contributed by atoms with E-state index in [1.54, 1.807) is 12.1 Å². The topological polar surface area (TPSA) is 26.0 Å². The van der Waals surface area contributed by atoms with Gasteiger partial charge in [-0.05, 0) is 54.8 Å². The molecule has 2 N–H and O–H groups in total. The van der Waals surface area contributed by atoms with Gasteiger partial charge in [0.15, 0.2) is 0 Å². The van der Waals surface area contributed by atoms with Gasteiger partial charge in [-0.1, -0.05) is 31.0 Å². The van der Waals surface area contributed by atoms with E-state index in [1.165, 1.54) is 6.42 Å². The van der Waals surface area contributed by atoms with Crippen molar-refractivity contribution >= 4 is 11.6 Å². The van der Waals surface area contributed by atoms with Crippen LogP contribution < -0.4 is 5.73 Å². The number of hydrogen-bond acceptors (Lipinski definition) is 1. The van der Waals surface area contributed by atoms with E-state index in [9.17, 15) is 4.39 Å². The van der Waals surface area contributed by atoms with E-state index in [4.69, 9.17) is 17.3 Å². The standard InChI is InChI=1S/C14H19ClFN/c1-10-4-5-14(7-10,9-17)8-11-2-3-12(15)13(16)6-11/h2-3,6,10H,4-5,7-9,17H2,1H3. The van der Waals surface area contributed by atoms with Gasteiger partial charge in [0.05, 0.1) is 5.02 Å². The molecule has 0 aromatic heterocycles. The van der Waals surface area contributed by atoms with Crippen molar-refractivity contribution in [3.8, 4) is 0 Å². The Labute approximate surface area is 107 Å². The number of hydrogen-bond donors (Lipinski definition) is 1. The van der Waals surface area contributed by atoms with Crippen LogP contribution in [0, 0.1) is 17.2 Å². The van der Waals surface area contributed by atoms with E-state index in [0.29, 0.717) is 6.54 Å². The van der Waals surface area contributed by atoms with Gasteiger partial charge in [0.2, 0.25) is 0 Å². The third-order valence-corrected chi connectivity index (χ3v) is 4.25. The lowest BCUT2D eigenvalue weighted by atomic mass is 9.79. The molecule has 1 aliphatic carbocycles. The van der Waals surface area contributed by atoms with E-state index in [-0.39, 0.29) is 16.3 Å². The maximum atomic E-state index is 13.4. The summed E-state index contributed by atoms with van der Waals surface area (Å²) < 4.78 is 13.4. The van der Waals surface area contributed by atoms with Crippen molar-refractivity contribution in [3.05, 3.63) is 34.6 Å². The third kappa shape index (κ3) is 2.80. The molecule has 0 saturated heterocycles. The van der Waals surface area contributed by atoms with E-state index in [0.717, 1.165) is 30.7 Å². The fourth-order valence-electron chi connectivity index (χ4n) is 3.00. The lowest BCUT2D eigenvalue weighted by Gasteiger charge is -2.27. The molecule has 0 bridgehead atoms. The minimum absolute atomic E-state index is 0.166. The van der Waals surface area contributed by atoms with E-state index < -0.39 is 0 Å². The van der Waals surface area contributed by atoms with E-state index in [2.05, 4.69) is 6.92 Å². The highest BCUT2D eigenvalue weighted by Crippen LogP contribution is 2.43. The van der Waals surface area contributed by atoms with Crippen molar-refractivity contribution in [2.24, 2.45) is 17.1 Å². The van der Waals surface area contributed by atoms with Crippen LogP contribution in [-0.4, -0.2) is 6.54 Å². The van der Waals surface area contributed by atoms with Gasteiger partial charge in [0.25, 0.3) is 0 Å². The molecule has 2 rings (SSSR count). The average Bonchev–Trinajstić information content (AvgIpc) is 2.66. The Kier molecular flexibility index (Phi) is 3.74. The normalized spacial score (nSPS) is 28.6. The molecule has 1 fully saturated rings. The predicted octanol–water partition coefficient (Wildman–Crippen LogP) is 3.79. The SMILES string of the molecule is CC1CCC(CN)(Cc2ccc(Cl)c(F)c2)C1. The number of nitrogens with two attached hydrogens (primary N) is 1. The van der Waals surface area contributed by atoms with Gasteiger partial charge in [-0.3, -0.25) is 0 Å². The fraction of sp³-hybridized carbons (Fsp3) is 0.571. The first kappa shape index (κ1) is 12.8. The molecule has 0 amide bonds. The second-order valence-corrected chi connectivity index (χ2v) is 5.88. The summed E-state index contributed by atoms with van der Waals surface area (Å²) in [6.45, 7) is 2.95. The summed E-state index contributed by atoms with van der Waals surface area (Å²) in [5, 5.41) is 0.190. The number of halogens is 2. The van der Waals surface area contributed by atoms with Crippen molar-refractivity contribution in [1.82, 2.24) is 0 Å². The van der Waals surface area contributed by atoms with Crippen molar-refractivity contribution in [2.75, 3.05) is 6.54 Å². The molecule has 3 heteroatoms.